The average molecular weight is 1180 g/mol. The Bertz CT molecular complexity index is 1390. The molecule has 488 valence electrons. The first-order valence-corrected chi connectivity index (χ1v) is 37.9. The van der Waals surface area contributed by atoms with E-state index >= 15 is 0 Å². The van der Waals surface area contributed by atoms with Crippen LogP contribution in [-0.2, 0) is 32.7 Å². The van der Waals surface area contributed by atoms with Gasteiger partial charge in [-0.2, -0.15) is 0 Å². The van der Waals surface area contributed by atoms with Crippen molar-refractivity contribution in [1.29, 1.82) is 0 Å². The van der Waals surface area contributed by atoms with Crippen LogP contribution in [0.25, 0.3) is 0 Å². The van der Waals surface area contributed by atoms with Crippen LogP contribution in [0, 0.1) is 0 Å². The molecule has 0 N–H and O–H groups in total. The number of unbranched alkanes of at least 4 members (excludes halogenated alkanes) is 53. The van der Waals surface area contributed by atoms with E-state index < -0.39 is 26.5 Å². The monoisotopic (exact) mass is 1180 g/mol. The fourth-order valence-electron chi connectivity index (χ4n) is 11.2. The van der Waals surface area contributed by atoms with Crippen molar-refractivity contribution in [2.24, 2.45) is 0 Å². The van der Waals surface area contributed by atoms with Gasteiger partial charge in [0.15, 0.2) is 6.10 Å². The third-order valence-electron chi connectivity index (χ3n) is 16.8. The Labute approximate surface area is 511 Å². The van der Waals surface area contributed by atoms with Gasteiger partial charge in [0.1, 0.15) is 19.8 Å². The molecule has 0 bridgehead atoms. The van der Waals surface area contributed by atoms with Gasteiger partial charge in [-0.3, -0.25) is 14.2 Å². The minimum Gasteiger partial charge on any atom is -0.756 e. The lowest BCUT2D eigenvalue weighted by atomic mass is 10.0. The van der Waals surface area contributed by atoms with Crippen molar-refractivity contribution >= 4 is 19.8 Å². The predicted molar refractivity (Wildman–Crippen MR) is 352 cm³/mol. The first kappa shape index (κ1) is 80.8. The van der Waals surface area contributed by atoms with Gasteiger partial charge >= 0.3 is 11.9 Å². The molecular weight excluding hydrogens is 1040 g/mol. The molecule has 0 aromatic rings. The summed E-state index contributed by atoms with van der Waals surface area (Å²) in [6, 6.07) is 0. The Hall–Kier alpha value is -1.25. The van der Waals surface area contributed by atoms with Crippen LogP contribution in [0.3, 0.4) is 0 Å². The zero-order valence-corrected chi connectivity index (χ0v) is 56.6. The van der Waals surface area contributed by atoms with E-state index in [9.17, 15) is 19.0 Å². The molecule has 0 spiro atoms. The summed E-state index contributed by atoms with van der Waals surface area (Å²) in [5, 5.41) is 0. The predicted octanol–water partition coefficient (Wildman–Crippen LogP) is 22.9. The minimum absolute atomic E-state index is 0.0264. The fourth-order valence-corrected chi connectivity index (χ4v) is 11.9. The maximum atomic E-state index is 12.9. The SMILES string of the molecule is CCCCCCCCCC/C=C\CCCCCCCCCCCCCCCC(=O)OC(COC(=O)CCCCCCCCCCCCCCCCCCCCCCCCCCCCCCCCCCC)COP(=O)([O-])OCC[N+](C)(C)C. The highest BCUT2D eigenvalue weighted by Gasteiger charge is 2.22. The third-order valence-corrected chi connectivity index (χ3v) is 17.7. The zero-order chi connectivity index (χ0) is 59.8. The normalized spacial score (nSPS) is 13.1. The van der Waals surface area contributed by atoms with E-state index in [0.717, 1.165) is 32.1 Å². The van der Waals surface area contributed by atoms with E-state index in [1.165, 1.54) is 321 Å². The lowest BCUT2D eigenvalue weighted by Gasteiger charge is -2.28. The van der Waals surface area contributed by atoms with Gasteiger partial charge in [0.2, 0.25) is 0 Å². The number of carbonyl (C=O) groups is 2. The molecule has 10 heteroatoms. The summed E-state index contributed by atoms with van der Waals surface area (Å²) >= 11 is 0. The molecule has 0 saturated carbocycles. The summed E-state index contributed by atoms with van der Waals surface area (Å²) < 4.78 is 34.3. The molecule has 0 aliphatic heterocycles. The van der Waals surface area contributed by atoms with Crippen LogP contribution in [0.1, 0.15) is 386 Å². The molecule has 0 radical (unpaired) electrons. The number of esters is 2. The third kappa shape index (κ3) is 67.9. The minimum atomic E-state index is -4.64. The second-order valence-electron chi connectivity index (χ2n) is 26.3. The molecule has 0 aliphatic rings. The molecule has 0 rings (SSSR count). The average Bonchev–Trinajstić information content (AvgIpc) is 3.46. The number of quaternary nitrogens is 1. The summed E-state index contributed by atoms with van der Waals surface area (Å²) in [5.74, 6) is -0.808. The molecule has 82 heavy (non-hydrogen) atoms. The van der Waals surface area contributed by atoms with E-state index in [4.69, 9.17) is 18.5 Å². The molecule has 0 saturated heterocycles. The van der Waals surface area contributed by atoms with Crippen molar-refractivity contribution in [3.8, 4) is 0 Å². The second kappa shape index (κ2) is 64.2. The van der Waals surface area contributed by atoms with Crippen LogP contribution in [0.5, 0.6) is 0 Å². The molecule has 0 fully saturated rings. The summed E-state index contributed by atoms with van der Waals surface area (Å²) in [4.78, 5) is 38.1. The zero-order valence-electron chi connectivity index (χ0n) is 55.7. The standard InChI is InChI=1S/C72H142NO8P/c1-6-8-10-12-14-16-18-20-22-24-26-28-30-32-33-34-35-36-37-38-39-41-42-44-46-48-50-52-54-56-58-60-62-64-71(74)78-68-70(69-80-82(76,77)79-67-66-73(3,4)5)81-72(75)65-63-61-59-57-55-53-51-49-47-45-43-40-31-29-27-25-23-21-19-17-15-13-11-9-7-2/h25,27,70H,6-24,26,28-69H2,1-5H3/b27-25-. The number of phosphoric acid groups is 1. The molecule has 9 nitrogen and oxygen atoms in total. The Kier molecular flexibility index (Phi) is 63.3. The van der Waals surface area contributed by atoms with E-state index in [2.05, 4.69) is 26.0 Å². The fraction of sp³-hybridized carbons (Fsp3) is 0.944. The topological polar surface area (TPSA) is 111 Å². The molecule has 0 aromatic heterocycles. The van der Waals surface area contributed by atoms with Crippen LogP contribution in [0.2, 0.25) is 0 Å². The van der Waals surface area contributed by atoms with Crippen molar-refractivity contribution in [2.45, 2.75) is 392 Å². The highest BCUT2D eigenvalue weighted by molar-refractivity contribution is 7.45. The Morgan fingerprint density at radius 1 is 0.366 bits per heavy atom. The van der Waals surface area contributed by atoms with Crippen molar-refractivity contribution in [2.75, 3.05) is 47.5 Å². The van der Waals surface area contributed by atoms with Crippen LogP contribution in [0.15, 0.2) is 12.2 Å². The number of hydrogen-bond donors (Lipinski definition) is 0. The summed E-state index contributed by atoms with van der Waals surface area (Å²) in [5.41, 5.74) is 0. The second-order valence-corrected chi connectivity index (χ2v) is 27.7. The van der Waals surface area contributed by atoms with Gasteiger partial charge in [0.25, 0.3) is 7.82 Å². The molecule has 0 heterocycles. The first-order valence-electron chi connectivity index (χ1n) is 36.4. The van der Waals surface area contributed by atoms with E-state index in [1.54, 1.807) is 0 Å². The maximum absolute atomic E-state index is 12.9. The summed E-state index contributed by atoms with van der Waals surface area (Å²) in [6.07, 6.45) is 78.8. The lowest BCUT2D eigenvalue weighted by molar-refractivity contribution is -0.870. The van der Waals surface area contributed by atoms with Gasteiger partial charge < -0.3 is 27.9 Å². The molecule has 2 atom stereocenters. The number of nitrogens with zero attached hydrogens (tertiary/aromatic N) is 1. The van der Waals surface area contributed by atoms with E-state index in [0.29, 0.717) is 17.4 Å². The van der Waals surface area contributed by atoms with Crippen LogP contribution in [0.4, 0.5) is 0 Å². The molecule has 0 aliphatic carbocycles. The first-order chi connectivity index (χ1) is 40.0. The van der Waals surface area contributed by atoms with E-state index in [1.807, 2.05) is 21.1 Å². The number of carbonyl (C=O) groups excluding carboxylic acids is 2. The highest BCUT2D eigenvalue weighted by atomic mass is 31.2. The van der Waals surface area contributed by atoms with Gasteiger partial charge in [-0.15, -0.1) is 0 Å². The van der Waals surface area contributed by atoms with Crippen molar-refractivity contribution < 1.29 is 42.1 Å². The largest absolute Gasteiger partial charge is 0.756 e. The van der Waals surface area contributed by atoms with Crippen molar-refractivity contribution in [3.63, 3.8) is 0 Å². The molecule has 0 amide bonds. The Morgan fingerprint density at radius 2 is 0.622 bits per heavy atom. The smallest absolute Gasteiger partial charge is 0.306 e. The van der Waals surface area contributed by atoms with Gasteiger partial charge in [-0.25, -0.2) is 0 Å². The highest BCUT2D eigenvalue weighted by Crippen LogP contribution is 2.38. The van der Waals surface area contributed by atoms with Crippen molar-refractivity contribution in [3.05, 3.63) is 12.2 Å². The quantitative estimate of drug-likeness (QED) is 0.0195. The van der Waals surface area contributed by atoms with Gasteiger partial charge in [-0.05, 0) is 38.5 Å². The number of likely N-dealkylation sites (N-methyl/N-ethyl adjacent to an activating group) is 1. The van der Waals surface area contributed by atoms with Gasteiger partial charge in [-0.1, -0.05) is 347 Å². The Balaban J connectivity index is 3.94. The number of phosphoric ester groups is 1. The summed E-state index contributed by atoms with van der Waals surface area (Å²) in [7, 11) is 1.19. The Morgan fingerprint density at radius 3 is 0.902 bits per heavy atom. The maximum Gasteiger partial charge on any atom is 0.306 e. The van der Waals surface area contributed by atoms with Gasteiger partial charge in [0, 0.05) is 12.8 Å². The lowest BCUT2D eigenvalue weighted by Crippen LogP contribution is -2.37. The number of allylic oxidation sites excluding steroid dienone is 2. The number of ether oxygens (including phenoxy) is 2. The number of hydrogen-bond acceptors (Lipinski definition) is 8. The molecule has 2 unspecified atom stereocenters. The van der Waals surface area contributed by atoms with Gasteiger partial charge in [0.05, 0.1) is 27.7 Å². The molecular formula is C72H142NO8P. The van der Waals surface area contributed by atoms with Crippen LogP contribution < -0.4 is 4.89 Å². The summed E-state index contributed by atoms with van der Waals surface area (Å²) in [6.45, 7) is 4.33. The van der Waals surface area contributed by atoms with Crippen LogP contribution in [-0.4, -0.2) is 70.0 Å². The van der Waals surface area contributed by atoms with E-state index in [-0.39, 0.29) is 32.0 Å². The number of rotatable bonds is 69. The van der Waals surface area contributed by atoms with Crippen LogP contribution >= 0.6 is 7.82 Å². The molecule has 0 aromatic carbocycles. The van der Waals surface area contributed by atoms with Crippen molar-refractivity contribution in [1.82, 2.24) is 0 Å².